The SMILES string of the molecule is COc1ccc(F)cc1S(=O)(=O)N1CCN(c2nc3ccccc3[nH]2)CC1. The number of aromatic amines is 1. The normalized spacial score (nSPS) is 16.0. The number of nitrogens with one attached hydrogen (secondary N) is 1. The van der Waals surface area contributed by atoms with Gasteiger partial charge in [0.25, 0.3) is 0 Å². The molecule has 0 aliphatic carbocycles. The van der Waals surface area contributed by atoms with Crippen molar-refractivity contribution < 1.29 is 17.5 Å². The number of hydrogen-bond donors (Lipinski definition) is 1. The zero-order valence-electron chi connectivity index (χ0n) is 14.7. The smallest absolute Gasteiger partial charge is 0.246 e. The van der Waals surface area contributed by atoms with Gasteiger partial charge in [0.15, 0.2) is 0 Å². The molecule has 7 nitrogen and oxygen atoms in total. The second-order valence-corrected chi connectivity index (χ2v) is 8.17. The highest BCUT2D eigenvalue weighted by molar-refractivity contribution is 7.89. The lowest BCUT2D eigenvalue weighted by molar-refractivity contribution is 0.372. The van der Waals surface area contributed by atoms with E-state index in [1.165, 1.54) is 23.5 Å². The predicted molar refractivity (Wildman–Crippen MR) is 100 cm³/mol. The molecule has 1 fully saturated rings. The van der Waals surface area contributed by atoms with Gasteiger partial charge in [-0.3, -0.25) is 0 Å². The van der Waals surface area contributed by atoms with Gasteiger partial charge in [0, 0.05) is 26.2 Å². The first-order valence-electron chi connectivity index (χ1n) is 8.52. The Hall–Kier alpha value is -2.65. The van der Waals surface area contributed by atoms with Gasteiger partial charge in [0.2, 0.25) is 16.0 Å². The first-order valence-corrected chi connectivity index (χ1v) is 9.96. The third-order valence-corrected chi connectivity index (χ3v) is 6.58. The number of piperazine rings is 1. The van der Waals surface area contributed by atoms with E-state index >= 15 is 0 Å². The minimum atomic E-state index is -3.85. The van der Waals surface area contributed by atoms with E-state index in [0.717, 1.165) is 23.0 Å². The van der Waals surface area contributed by atoms with Crippen molar-refractivity contribution in [2.24, 2.45) is 0 Å². The zero-order chi connectivity index (χ0) is 19.0. The average Bonchev–Trinajstić information content (AvgIpc) is 3.12. The van der Waals surface area contributed by atoms with E-state index in [4.69, 9.17) is 4.74 Å². The van der Waals surface area contributed by atoms with Gasteiger partial charge in [0.05, 0.1) is 18.1 Å². The Balaban J connectivity index is 1.54. The van der Waals surface area contributed by atoms with Crippen molar-refractivity contribution in [3.8, 4) is 5.75 Å². The number of imidazole rings is 1. The van der Waals surface area contributed by atoms with Crippen LogP contribution in [0, 0.1) is 5.82 Å². The molecule has 3 aromatic rings. The van der Waals surface area contributed by atoms with Crippen LogP contribution in [0.15, 0.2) is 47.4 Å². The summed E-state index contributed by atoms with van der Waals surface area (Å²) in [5.41, 5.74) is 1.80. The van der Waals surface area contributed by atoms with Crippen LogP contribution >= 0.6 is 0 Å². The van der Waals surface area contributed by atoms with Crippen molar-refractivity contribution in [1.29, 1.82) is 0 Å². The van der Waals surface area contributed by atoms with Crippen molar-refractivity contribution >= 4 is 27.0 Å². The molecule has 27 heavy (non-hydrogen) atoms. The molecular weight excluding hydrogens is 371 g/mol. The lowest BCUT2D eigenvalue weighted by Gasteiger charge is -2.34. The van der Waals surface area contributed by atoms with Crippen molar-refractivity contribution in [1.82, 2.24) is 14.3 Å². The number of H-pyrrole nitrogens is 1. The summed E-state index contributed by atoms with van der Waals surface area (Å²) in [7, 11) is -2.48. The maximum absolute atomic E-state index is 13.6. The highest BCUT2D eigenvalue weighted by Gasteiger charge is 2.32. The van der Waals surface area contributed by atoms with E-state index in [-0.39, 0.29) is 23.7 Å². The van der Waals surface area contributed by atoms with E-state index in [1.807, 2.05) is 29.2 Å². The Morgan fingerprint density at radius 3 is 2.56 bits per heavy atom. The minimum absolute atomic E-state index is 0.135. The zero-order valence-corrected chi connectivity index (χ0v) is 15.5. The van der Waals surface area contributed by atoms with Crippen LogP contribution in [0.5, 0.6) is 5.75 Å². The van der Waals surface area contributed by atoms with Crippen LogP contribution in [-0.2, 0) is 10.0 Å². The number of ether oxygens (including phenoxy) is 1. The van der Waals surface area contributed by atoms with Gasteiger partial charge in [-0.25, -0.2) is 17.8 Å². The molecule has 9 heteroatoms. The number of benzene rings is 2. The number of sulfonamides is 1. The quantitative estimate of drug-likeness (QED) is 0.739. The molecule has 1 aliphatic heterocycles. The number of aromatic nitrogens is 2. The minimum Gasteiger partial charge on any atom is -0.495 e. The molecule has 0 radical (unpaired) electrons. The fraction of sp³-hybridized carbons (Fsp3) is 0.278. The number of rotatable bonds is 4. The molecule has 1 N–H and O–H groups in total. The molecule has 1 saturated heterocycles. The van der Waals surface area contributed by atoms with Crippen molar-refractivity contribution in [2.45, 2.75) is 4.90 Å². The van der Waals surface area contributed by atoms with Crippen LogP contribution in [0.3, 0.4) is 0 Å². The van der Waals surface area contributed by atoms with Crippen LogP contribution < -0.4 is 9.64 Å². The topological polar surface area (TPSA) is 78.5 Å². The number of para-hydroxylation sites is 2. The molecule has 2 aromatic carbocycles. The summed E-state index contributed by atoms with van der Waals surface area (Å²) in [4.78, 5) is 9.67. The standard InChI is InChI=1S/C18H19FN4O3S/c1-26-16-7-6-13(19)12-17(16)27(24,25)23-10-8-22(9-11-23)18-20-14-4-2-3-5-15(14)21-18/h2-7,12H,8-11H2,1H3,(H,20,21). The third-order valence-electron chi connectivity index (χ3n) is 4.66. The van der Waals surface area contributed by atoms with Gasteiger partial charge in [-0.05, 0) is 30.3 Å². The molecule has 1 aliphatic rings. The predicted octanol–water partition coefficient (Wildman–Crippen LogP) is 2.22. The first-order chi connectivity index (χ1) is 13.0. The van der Waals surface area contributed by atoms with Crippen molar-refractivity contribution in [2.75, 3.05) is 38.2 Å². The Bertz CT molecular complexity index is 1040. The van der Waals surface area contributed by atoms with E-state index in [9.17, 15) is 12.8 Å². The molecule has 0 bridgehead atoms. The van der Waals surface area contributed by atoms with Gasteiger partial charge in [0.1, 0.15) is 16.5 Å². The van der Waals surface area contributed by atoms with E-state index in [0.29, 0.717) is 13.1 Å². The molecule has 0 saturated carbocycles. The molecule has 0 spiro atoms. The summed E-state index contributed by atoms with van der Waals surface area (Å²) in [5.74, 6) is 0.239. The fourth-order valence-electron chi connectivity index (χ4n) is 3.22. The third kappa shape index (κ3) is 3.24. The summed E-state index contributed by atoms with van der Waals surface area (Å²) < 4.78 is 45.9. The lowest BCUT2D eigenvalue weighted by Crippen LogP contribution is -2.49. The number of nitrogens with zero attached hydrogens (tertiary/aromatic N) is 3. The molecular formula is C18H19FN4O3S. The Morgan fingerprint density at radius 2 is 1.85 bits per heavy atom. The second-order valence-electron chi connectivity index (χ2n) is 6.26. The summed E-state index contributed by atoms with van der Waals surface area (Å²) in [5, 5.41) is 0. The number of fused-ring (bicyclic) bond motifs is 1. The van der Waals surface area contributed by atoms with Gasteiger partial charge in [-0.2, -0.15) is 4.31 Å². The number of halogens is 1. The number of anilines is 1. The van der Waals surface area contributed by atoms with Crippen LogP contribution in [0.1, 0.15) is 0 Å². The van der Waals surface area contributed by atoms with Crippen molar-refractivity contribution in [3.63, 3.8) is 0 Å². The summed E-state index contributed by atoms with van der Waals surface area (Å²) >= 11 is 0. The molecule has 4 rings (SSSR count). The Morgan fingerprint density at radius 1 is 1.11 bits per heavy atom. The molecule has 2 heterocycles. The molecule has 0 unspecified atom stereocenters. The van der Waals surface area contributed by atoms with E-state index in [1.54, 1.807) is 0 Å². The fourth-order valence-corrected chi connectivity index (χ4v) is 4.81. The Labute approximate surface area is 156 Å². The van der Waals surface area contributed by atoms with Gasteiger partial charge in [-0.1, -0.05) is 12.1 Å². The molecule has 0 amide bonds. The number of methoxy groups -OCH3 is 1. The largest absolute Gasteiger partial charge is 0.495 e. The van der Waals surface area contributed by atoms with Crippen molar-refractivity contribution in [3.05, 3.63) is 48.3 Å². The van der Waals surface area contributed by atoms with Crippen LogP contribution in [-0.4, -0.2) is 56.0 Å². The molecule has 142 valence electrons. The molecule has 1 aromatic heterocycles. The summed E-state index contributed by atoms with van der Waals surface area (Å²) in [6, 6.07) is 11.2. The van der Waals surface area contributed by atoms with Crippen LogP contribution in [0.25, 0.3) is 11.0 Å². The molecule has 0 atom stereocenters. The Kier molecular flexibility index (Phi) is 4.48. The maximum Gasteiger partial charge on any atom is 0.246 e. The highest BCUT2D eigenvalue weighted by Crippen LogP contribution is 2.28. The maximum atomic E-state index is 13.6. The van der Waals surface area contributed by atoms with Crippen LogP contribution in [0.2, 0.25) is 0 Å². The second kappa shape index (κ2) is 6.82. The lowest BCUT2D eigenvalue weighted by atomic mass is 10.3. The van der Waals surface area contributed by atoms with Gasteiger partial charge < -0.3 is 14.6 Å². The average molecular weight is 390 g/mol. The first kappa shape index (κ1) is 17.7. The van der Waals surface area contributed by atoms with E-state index < -0.39 is 15.8 Å². The summed E-state index contributed by atoms with van der Waals surface area (Å²) in [6.07, 6.45) is 0. The van der Waals surface area contributed by atoms with Gasteiger partial charge in [-0.15, -0.1) is 0 Å². The number of hydrogen-bond acceptors (Lipinski definition) is 5. The van der Waals surface area contributed by atoms with Gasteiger partial charge >= 0.3 is 0 Å². The summed E-state index contributed by atoms with van der Waals surface area (Å²) in [6.45, 7) is 1.52. The highest BCUT2D eigenvalue weighted by atomic mass is 32.2. The van der Waals surface area contributed by atoms with E-state index in [2.05, 4.69) is 9.97 Å². The van der Waals surface area contributed by atoms with Crippen LogP contribution in [0.4, 0.5) is 10.3 Å². The monoisotopic (exact) mass is 390 g/mol.